The number of nitrogens with zero attached hydrogens (tertiary/aromatic N) is 3. The van der Waals surface area contributed by atoms with Crippen LogP contribution in [0.15, 0.2) is 0 Å². The van der Waals surface area contributed by atoms with Crippen molar-refractivity contribution in [1.82, 2.24) is 14.5 Å². The maximum Gasteiger partial charge on any atom is 0.310 e. The molecule has 0 bridgehead atoms. The monoisotopic (exact) mass is 297 g/mol. The normalized spacial score (nSPS) is 24.2. The molecule has 0 aliphatic carbocycles. The third-order valence-corrected chi connectivity index (χ3v) is 5.01. The summed E-state index contributed by atoms with van der Waals surface area (Å²) in [6, 6.07) is 0. The molecule has 0 aromatic carbocycles. The van der Waals surface area contributed by atoms with Gasteiger partial charge in [0.1, 0.15) is 0 Å². The second-order valence-corrected chi connectivity index (χ2v) is 6.83. The first-order chi connectivity index (χ1) is 9.48. The average molecular weight is 297 g/mol. The molecule has 5 nitrogen and oxygen atoms in total. The molecule has 1 unspecified atom stereocenters. The molecule has 1 atom stereocenters. The molecule has 0 radical (unpaired) electrons. The Bertz CT molecular complexity index is 475. The summed E-state index contributed by atoms with van der Waals surface area (Å²) in [4.78, 5) is 15.0. The van der Waals surface area contributed by atoms with E-state index in [1.165, 1.54) is 16.4 Å². The van der Waals surface area contributed by atoms with Crippen molar-refractivity contribution in [3.8, 4) is 0 Å². The number of aliphatic carboxylic acids is 1. The predicted octanol–water partition coefficient (Wildman–Crippen LogP) is 2.74. The largest absolute Gasteiger partial charge is 0.481 e. The maximum absolute atomic E-state index is 11.6. The van der Waals surface area contributed by atoms with Gasteiger partial charge in [0.15, 0.2) is 0 Å². The van der Waals surface area contributed by atoms with E-state index in [0.717, 1.165) is 31.6 Å². The summed E-state index contributed by atoms with van der Waals surface area (Å²) in [5.74, 6) is -0.292. The molecule has 0 spiro atoms. The number of piperidine rings is 1. The van der Waals surface area contributed by atoms with Crippen molar-refractivity contribution in [3.05, 3.63) is 10.6 Å². The van der Waals surface area contributed by atoms with Gasteiger partial charge in [-0.25, -0.2) is 0 Å². The van der Waals surface area contributed by atoms with Crippen LogP contribution < -0.4 is 0 Å². The molecule has 1 fully saturated rings. The number of hydrogen-bond acceptors (Lipinski definition) is 5. The number of carboxylic acids is 1. The number of likely N-dealkylation sites (tertiary alicyclic amines) is 1. The highest BCUT2D eigenvalue weighted by molar-refractivity contribution is 7.05. The lowest BCUT2D eigenvalue weighted by molar-refractivity contribution is -0.153. The molecule has 1 saturated heterocycles. The summed E-state index contributed by atoms with van der Waals surface area (Å²) < 4.78 is 4.05. The molecule has 20 heavy (non-hydrogen) atoms. The first kappa shape index (κ1) is 15.4. The lowest BCUT2D eigenvalue weighted by Crippen LogP contribution is -2.47. The Hall–Kier alpha value is -1.01. The van der Waals surface area contributed by atoms with Crippen LogP contribution in [0.2, 0.25) is 0 Å². The van der Waals surface area contributed by atoms with Crippen molar-refractivity contribution < 1.29 is 9.90 Å². The Labute approximate surface area is 124 Å². The first-order valence-electron chi connectivity index (χ1n) is 7.25. The summed E-state index contributed by atoms with van der Waals surface area (Å²) in [6.45, 7) is 8.58. The van der Waals surface area contributed by atoms with Crippen molar-refractivity contribution in [3.63, 3.8) is 0 Å². The van der Waals surface area contributed by atoms with Gasteiger partial charge in [-0.1, -0.05) is 25.3 Å². The van der Waals surface area contributed by atoms with Gasteiger partial charge in [-0.15, -0.1) is 5.10 Å². The van der Waals surface area contributed by atoms with Crippen LogP contribution in [0, 0.1) is 5.41 Å². The predicted molar refractivity (Wildman–Crippen MR) is 78.9 cm³/mol. The average Bonchev–Trinajstić information content (AvgIpc) is 2.87. The molecule has 2 rings (SSSR count). The van der Waals surface area contributed by atoms with Crippen molar-refractivity contribution >= 4 is 17.5 Å². The molecule has 0 amide bonds. The van der Waals surface area contributed by atoms with Crippen LogP contribution in [0.3, 0.4) is 0 Å². The van der Waals surface area contributed by atoms with Gasteiger partial charge >= 0.3 is 5.97 Å². The van der Waals surface area contributed by atoms with E-state index >= 15 is 0 Å². The number of rotatable bonds is 5. The molecular weight excluding hydrogens is 274 g/mol. The third kappa shape index (κ3) is 3.01. The van der Waals surface area contributed by atoms with E-state index in [0.29, 0.717) is 18.9 Å². The summed E-state index contributed by atoms with van der Waals surface area (Å²) in [7, 11) is 0. The second kappa shape index (κ2) is 6.18. The molecule has 1 N–H and O–H groups in total. The van der Waals surface area contributed by atoms with E-state index in [2.05, 4.69) is 28.3 Å². The smallest absolute Gasteiger partial charge is 0.310 e. The molecular formula is C14H23N3O2S. The highest BCUT2D eigenvalue weighted by Gasteiger charge is 2.40. The highest BCUT2D eigenvalue weighted by atomic mass is 32.1. The number of carboxylic acid groups (broad SMARTS) is 1. The molecule has 112 valence electrons. The van der Waals surface area contributed by atoms with Crippen LogP contribution in [0.5, 0.6) is 0 Å². The number of carbonyl (C=O) groups is 1. The van der Waals surface area contributed by atoms with Gasteiger partial charge in [0.2, 0.25) is 0 Å². The lowest BCUT2D eigenvalue weighted by atomic mass is 9.77. The van der Waals surface area contributed by atoms with Gasteiger partial charge in [0, 0.05) is 13.1 Å². The van der Waals surface area contributed by atoms with E-state index in [1.54, 1.807) is 0 Å². The van der Waals surface area contributed by atoms with Gasteiger partial charge in [0.25, 0.3) is 0 Å². The molecule has 1 aliphatic heterocycles. The zero-order valence-electron chi connectivity index (χ0n) is 12.4. The fraction of sp³-hybridized carbons (Fsp3) is 0.786. The van der Waals surface area contributed by atoms with Crippen LogP contribution in [-0.2, 0) is 11.3 Å². The van der Waals surface area contributed by atoms with Crippen molar-refractivity contribution in [2.45, 2.75) is 52.5 Å². The van der Waals surface area contributed by atoms with Crippen molar-refractivity contribution in [2.24, 2.45) is 5.41 Å². The maximum atomic E-state index is 11.6. The zero-order valence-corrected chi connectivity index (χ0v) is 13.2. The molecule has 6 heteroatoms. The van der Waals surface area contributed by atoms with E-state index < -0.39 is 11.4 Å². The fourth-order valence-electron chi connectivity index (χ4n) is 2.94. The molecule has 1 aliphatic rings. The first-order valence-corrected chi connectivity index (χ1v) is 8.02. The minimum atomic E-state index is -0.656. The van der Waals surface area contributed by atoms with Gasteiger partial charge in [-0.2, -0.15) is 0 Å². The minimum Gasteiger partial charge on any atom is -0.481 e. The Morgan fingerprint density at radius 1 is 1.55 bits per heavy atom. The second-order valence-electron chi connectivity index (χ2n) is 5.99. The molecule has 1 aromatic rings. The number of aromatic nitrogens is 2. The van der Waals surface area contributed by atoms with Gasteiger partial charge in [-0.3, -0.25) is 9.69 Å². The quantitative estimate of drug-likeness (QED) is 0.905. The number of hydrogen-bond donors (Lipinski definition) is 1. The Kier molecular flexibility index (Phi) is 4.75. The van der Waals surface area contributed by atoms with Crippen LogP contribution in [0.1, 0.15) is 56.5 Å². The van der Waals surface area contributed by atoms with Crippen LogP contribution in [0.25, 0.3) is 0 Å². The van der Waals surface area contributed by atoms with Gasteiger partial charge in [0.05, 0.1) is 16.0 Å². The summed E-state index contributed by atoms with van der Waals surface area (Å²) >= 11 is 1.44. The van der Waals surface area contributed by atoms with E-state index in [1.807, 2.05) is 6.92 Å². The Morgan fingerprint density at radius 2 is 2.30 bits per heavy atom. The van der Waals surface area contributed by atoms with Crippen molar-refractivity contribution in [1.29, 1.82) is 0 Å². The van der Waals surface area contributed by atoms with Crippen LogP contribution >= 0.6 is 11.5 Å². The molecule has 2 heterocycles. The molecule has 0 saturated carbocycles. The van der Waals surface area contributed by atoms with Crippen LogP contribution in [-0.4, -0.2) is 38.7 Å². The standard InChI is InChI=1S/C14H23N3O2S/c1-4-14(13(18)19)6-5-7-17(9-14)8-11-12(10(2)3)15-16-20-11/h10H,4-9H2,1-3H3,(H,18,19). The van der Waals surface area contributed by atoms with E-state index in [9.17, 15) is 9.90 Å². The molecule has 1 aromatic heterocycles. The summed E-state index contributed by atoms with van der Waals surface area (Å²) in [5, 5.41) is 13.7. The van der Waals surface area contributed by atoms with Crippen LogP contribution in [0.4, 0.5) is 0 Å². The third-order valence-electron chi connectivity index (χ3n) is 4.29. The minimum absolute atomic E-state index is 0.365. The fourth-order valence-corrected chi connectivity index (χ4v) is 3.78. The van der Waals surface area contributed by atoms with E-state index in [4.69, 9.17) is 0 Å². The Morgan fingerprint density at radius 3 is 2.90 bits per heavy atom. The lowest BCUT2D eigenvalue weighted by Gasteiger charge is -2.39. The van der Waals surface area contributed by atoms with E-state index in [-0.39, 0.29) is 0 Å². The highest BCUT2D eigenvalue weighted by Crippen LogP contribution is 2.35. The van der Waals surface area contributed by atoms with Gasteiger partial charge in [-0.05, 0) is 43.3 Å². The summed E-state index contributed by atoms with van der Waals surface area (Å²) in [5.41, 5.74) is 0.479. The summed E-state index contributed by atoms with van der Waals surface area (Å²) in [6.07, 6.45) is 2.42. The zero-order chi connectivity index (χ0) is 14.8. The SMILES string of the molecule is CCC1(C(=O)O)CCCN(Cc2snnc2C(C)C)C1. The Balaban J connectivity index is 2.10. The topological polar surface area (TPSA) is 66.3 Å². The van der Waals surface area contributed by atoms with Gasteiger partial charge < -0.3 is 5.11 Å². The van der Waals surface area contributed by atoms with Crippen molar-refractivity contribution in [2.75, 3.05) is 13.1 Å².